The van der Waals surface area contributed by atoms with E-state index in [-0.39, 0.29) is 27.0 Å². The average molecular weight is 146 g/mol. The minimum atomic E-state index is -1.14. The van der Waals surface area contributed by atoms with E-state index in [2.05, 4.69) is 12.6 Å². The molecule has 0 bridgehead atoms. The van der Waals surface area contributed by atoms with Gasteiger partial charge in [0.2, 0.25) is 0 Å². The summed E-state index contributed by atoms with van der Waals surface area (Å²) in [5.74, 6) is 0. The van der Waals surface area contributed by atoms with Crippen molar-refractivity contribution in [1.82, 2.24) is 0 Å². The third-order valence-electron chi connectivity index (χ3n) is 0. The van der Waals surface area contributed by atoms with Gasteiger partial charge >= 0.3 is 5.30 Å². The molecule has 0 aliphatic carbocycles. The summed E-state index contributed by atoms with van der Waals surface area (Å²) < 4.78 is 0. The quantitative estimate of drug-likeness (QED) is 0.496. The van der Waals surface area contributed by atoms with Crippen LogP contribution in [0.3, 0.4) is 0 Å². The van der Waals surface area contributed by atoms with Crippen LogP contribution < -0.4 is 0 Å². The highest BCUT2D eigenvalue weighted by Gasteiger charge is 1.67. The lowest BCUT2D eigenvalue weighted by Gasteiger charge is -1.58. The van der Waals surface area contributed by atoms with Crippen LogP contribution in [0.2, 0.25) is 0 Å². The van der Waals surface area contributed by atoms with Crippen molar-refractivity contribution >= 4 is 44.9 Å². The second-order valence-corrected chi connectivity index (χ2v) is 0.665. The Bertz CT molecular complexity index is 31.8. The van der Waals surface area contributed by atoms with Crippen molar-refractivity contribution in [3.63, 3.8) is 0 Å². The Hall–Kier alpha value is 0.520. The van der Waals surface area contributed by atoms with Crippen molar-refractivity contribution in [1.29, 1.82) is 0 Å². The molecule has 0 aromatic heterocycles. The van der Waals surface area contributed by atoms with Gasteiger partial charge in [-0.1, -0.05) is 12.6 Å². The predicted octanol–water partition coefficient (Wildman–Crippen LogP) is 0.820. The molecule has 40 valence electrons. The second kappa shape index (κ2) is 9.10. The third kappa shape index (κ3) is 207. The largest absolute Gasteiger partial charge is 0.473 e. The van der Waals surface area contributed by atoms with Crippen LogP contribution in [0.4, 0.5) is 4.79 Å². The fourth-order valence-corrected chi connectivity index (χ4v) is 0. The van der Waals surface area contributed by atoms with Gasteiger partial charge in [0.15, 0.2) is 0 Å². The topological polar surface area (TPSA) is 37.3 Å². The van der Waals surface area contributed by atoms with Crippen molar-refractivity contribution in [2.45, 2.75) is 0 Å². The smallest absolute Gasteiger partial charge is 0.361 e. The fraction of sp³-hybridized carbons (Fsp3) is 0. The Morgan fingerprint density at radius 2 is 1.50 bits per heavy atom. The van der Waals surface area contributed by atoms with E-state index in [1.807, 2.05) is 0 Å². The van der Waals surface area contributed by atoms with Gasteiger partial charge in [-0.25, -0.2) is 4.79 Å². The Kier molecular flexibility index (Phi) is 24.3. The summed E-state index contributed by atoms with van der Waals surface area (Å²) in [6.45, 7) is 0. The van der Waals surface area contributed by atoms with Gasteiger partial charge in [-0.3, -0.25) is 0 Å². The van der Waals surface area contributed by atoms with E-state index in [0.717, 1.165) is 0 Å². The van der Waals surface area contributed by atoms with E-state index in [1.54, 1.807) is 0 Å². The van der Waals surface area contributed by atoms with Crippen LogP contribution in [0.5, 0.6) is 0 Å². The molecule has 0 unspecified atom stereocenters. The molecule has 0 fully saturated rings. The molecular formula is CH6O2S3. The van der Waals surface area contributed by atoms with Gasteiger partial charge in [-0.05, 0) is 0 Å². The van der Waals surface area contributed by atoms with E-state index >= 15 is 0 Å². The van der Waals surface area contributed by atoms with Gasteiger partial charge < -0.3 is 5.11 Å². The van der Waals surface area contributed by atoms with Gasteiger partial charge in [-0.15, -0.1) is 0 Å². The first kappa shape index (κ1) is 16.0. The monoisotopic (exact) mass is 146 g/mol. The molecule has 0 amide bonds. The molecule has 0 aliphatic rings. The maximum absolute atomic E-state index is 8.86. The van der Waals surface area contributed by atoms with E-state index in [9.17, 15) is 0 Å². The molecule has 0 aromatic rings. The fourth-order valence-electron chi connectivity index (χ4n) is 0. The van der Waals surface area contributed by atoms with Crippen LogP contribution in [-0.2, 0) is 0 Å². The molecule has 1 N–H and O–H groups in total. The highest BCUT2D eigenvalue weighted by Crippen LogP contribution is 1.66. The van der Waals surface area contributed by atoms with Crippen molar-refractivity contribution < 1.29 is 9.90 Å². The minimum Gasteiger partial charge on any atom is -0.473 e. The van der Waals surface area contributed by atoms with Crippen LogP contribution in [0.25, 0.3) is 0 Å². The number of thiol groups is 1. The highest BCUT2D eigenvalue weighted by molar-refractivity contribution is 7.96. The Labute approximate surface area is 55.2 Å². The summed E-state index contributed by atoms with van der Waals surface area (Å²) in [5.41, 5.74) is 0. The molecule has 5 heteroatoms. The van der Waals surface area contributed by atoms with Crippen LogP contribution in [0, 0.1) is 0 Å². The lowest BCUT2D eigenvalue weighted by molar-refractivity contribution is 0.222. The molecule has 0 rings (SSSR count). The van der Waals surface area contributed by atoms with Crippen LogP contribution >= 0.6 is 39.6 Å². The Morgan fingerprint density at radius 1 is 1.50 bits per heavy atom. The second-order valence-electron chi connectivity index (χ2n) is 0.283. The molecule has 0 saturated carbocycles. The van der Waals surface area contributed by atoms with E-state index in [1.165, 1.54) is 0 Å². The zero-order chi connectivity index (χ0) is 3.58. The molecule has 0 saturated heterocycles. The molecular weight excluding hydrogens is 140 g/mol. The van der Waals surface area contributed by atoms with Gasteiger partial charge in [0.05, 0.1) is 0 Å². The van der Waals surface area contributed by atoms with Crippen molar-refractivity contribution in [2.75, 3.05) is 0 Å². The van der Waals surface area contributed by atoms with Crippen LogP contribution in [0.1, 0.15) is 0 Å². The minimum absolute atomic E-state index is 0. The molecule has 0 aliphatic heterocycles. The van der Waals surface area contributed by atoms with E-state index < -0.39 is 5.30 Å². The van der Waals surface area contributed by atoms with Gasteiger partial charge in [0, 0.05) is 0 Å². The Balaban J connectivity index is -0.0000000450. The zero-order valence-corrected chi connectivity index (χ0v) is 5.70. The molecule has 0 aromatic carbocycles. The number of hydrogen-bond acceptors (Lipinski definition) is 1. The molecule has 6 heavy (non-hydrogen) atoms. The summed E-state index contributed by atoms with van der Waals surface area (Å²) in [4.78, 5) is 8.86. The Morgan fingerprint density at radius 3 is 1.50 bits per heavy atom. The SMILES string of the molecule is O=C(O)S.S.S. The maximum atomic E-state index is 8.86. The summed E-state index contributed by atoms with van der Waals surface area (Å²) in [5, 5.41) is 6.14. The standard InChI is InChI=1S/CH2O2S.2H2S/c2-1(3)4;;/h4H,(H,2,3);2*1H2. The lowest BCUT2D eigenvalue weighted by Crippen LogP contribution is -1.67. The van der Waals surface area contributed by atoms with Crippen LogP contribution in [-0.4, -0.2) is 10.4 Å². The van der Waals surface area contributed by atoms with Crippen molar-refractivity contribution in [3.8, 4) is 0 Å². The summed E-state index contributed by atoms with van der Waals surface area (Å²) >= 11 is 2.88. The van der Waals surface area contributed by atoms with E-state index in [0.29, 0.717) is 0 Å². The first-order valence-corrected chi connectivity index (χ1v) is 1.10. The first-order valence-electron chi connectivity index (χ1n) is 0.651. The van der Waals surface area contributed by atoms with Gasteiger partial charge in [-0.2, -0.15) is 27.0 Å². The van der Waals surface area contributed by atoms with Gasteiger partial charge in [0.1, 0.15) is 0 Å². The molecule has 2 nitrogen and oxygen atoms in total. The predicted molar refractivity (Wildman–Crippen MR) is 37.8 cm³/mol. The number of rotatable bonds is 0. The summed E-state index contributed by atoms with van der Waals surface area (Å²) in [6, 6.07) is 0. The lowest BCUT2D eigenvalue weighted by atomic mass is 11.6. The molecule has 0 atom stereocenters. The number of carboxylic acid groups (broad SMARTS) is 1. The number of hydrogen-bond donors (Lipinski definition) is 2. The van der Waals surface area contributed by atoms with Gasteiger partial charge in [0.25, 0.3) is 0 Å². The average Bonchev–Trinajstić information content (AvgIpc) is 0.811. The van der Waals surface area contributed by atoms with Crippen molar-refractivity contribution in [2.24, 2.45) is 0 Å². The summed E-state index contributed by atoms with van der Waals surface area (Å²) in [6.07, 6.45) is 0. The van der Waals surface area contributed by atoms with Crippen molar-refractivity contribution in [3.05, 3.63) is 0 Å². The normalized spacial score (nSPS) is 4.17. The first-order chi connectivity index (χ1) is 1.73. The van der Waals surface area contributed by atoms with E-state index in [4.69, 9.17) is 9.90 Å². The molecule has 0 radical (unpaired) electrons. The molecule has 0 heterocycles. The molecule has 0 spiro atoms. The maximum Gasteiger partial charge on any atom is 0.361 e. The van der Waals surface area contributed by atoms with Crippen LogP contribution in [0.15, 0.2) is 0 Å². The third-order valence-corrected chi connectivity index (χ3v) is 0. The highest BCUT2D eigenvalue weighted by atomic mass is 32.1. The number of carbonyl (C=O) groups is 1. The summed E-state index contributed by atoms with van der Waals surface area (Å²) in [7, 11) is 0. The zero-order valence-electron chi connectivity index (χ0n) is 2.80.